The molecule has 0 saturated carbocycles. The molecule has 0 aliphatic heterocycles. The SMILES string of the molecule is COC(C)(C)CC(C)NS(=O)(=O)N=S(C)(=O)c1ccccc1. The first-order chi connectivity index (χ1) is 9.97. The number of ether oxygens (including phenoxy) is 1. The first-order valence-electron chi connectivity index (χ1n) is 6.83. The maximum atomic E-state index is 12.5. The molecule has 1 aromatic carbocycles. The van der Waals surface area contributed by atoms with Gasteiger partial charge in [-0.25, -0.2) is 4.21 Å². The fraction of sp³-hybridized carbons (Fsp3) is 0.571. The van der Waals surface area contributed by atoms with Gasteiger partial charge in [0.2, 0.25) is 0 Å². The van der Waals surface area contributed by atoms with E-state index in [1.54, 1.807) is 44.4 Å². The van der Waals surface area contributed by atoms with E-state index in [4.69, 9.17) is 4.74 Å². The van der Waals surface area contributed by atoms with Crippen LogP contribution in [0.5, 0.6) is 0 Å². The lowest BCUT2D eigenvalue weighted by molar-refractivity contribution is 0.0103. The summed E-state index contributed by atoms with van der Waals surface area (Å²) in [5.74, 6) is 0. The van der Waals surface area contributed by atoms with Gasteiger partial charge < -0.3 is 4.74 Å². The molecule has 0 aliphatic carbocycles. The summed E-state index contributed by atoms with van der Waals surface area (Å²) in [6.07, 6.45) is 1.78. The highest BCUT2D eigenvalue weighted by molar-refractivity contribution is 8.02. The average molecular weight is 348 g/mol. The fourth-order valence-corrected chi connectivity index (χ4v) is 5.31. The molecule has 2 unspecified atom stereocenters. The molecule has 8 heteroatoms. The lowest BCUT2D eigenvalue weighted by Crippen LogP contribution is -2.38. The molecule has 22 heavy (non-hydrogen) atoms. The van der Waals surface area contributed by atoms with Crippen molar-refractivity contribution in [2.75, 3.05) is 13.4 Å². The number of hydrogen-bond acceptors (Lipinski definition) is 4. The van der Waals surface area contributed by atoms with Crippen molar-refractivity contribution in [2.24, 2.45) is 3.77 Å². The van der Waals surface area contributed by atoms with Crippen LogP contribution >= 0.6 is 0 Å². The lowest BCUT2D eigenvalue weighted by Gasteiger charge is -2.26. The van der Waals surface area contributed by atoms with Gasteiger partial charge in [0.25, 0.3) is 0 Å². The van der Waals surface area contributed by atoms with Crippen molar-refractivity contribution in [1.29, 1.82) is 0 Å². The van der Waals surface area contributed by atoms with Gasteiger partial charge >= 0.3 is 10.2 Å². The summed E-state index contributed by atoms with van der Waals surface area (Å²) in [6.45, 7) is 5.44. The van der Waals surface area contributed by atoms with Gasteiger partial charge in [0.15, 0.2) is 0 Å². The number of benzene rings is 1. The molecule has 0 aromatic heterocycles. The molecular formula is C14H24N2O4S2. The van der Waals surface area contributed by atoms with E-state index in [-0.39, 0.29) is 0 Å². The minimum Gasteiger partial charge on any atom is -0.379 e. The second kappa shape index (κ2) is 7.08. The van der Waals surface area contributed by atoms with Crippen LogP contribution in [0.4, 0.5) is 0 Å². The number of rotatable bonds is 7. The molecule has 1 N–H and O–H groups in total. The van der Waals surface area contributed by atoms with Gasteiger partial charge in [-0.15, -0.1) is 0 Å². The van der Waals surface area contributed by atoms with E-state index in [2.05, 4.69) is 8.49 Å². The Bertz CT molecular complexity index is 706. The molecule has 1 aromatic rings. The molecule has 6 nitrogen and oxygen atoms in total. The smallest absolute Gasteiger partial charge is 0.328 e. The van der Waals surface area contributed by atoms with Gasteiger partial charge in [-0.05, 0) is 39.3 Å². The fourth-order valence-electron chi connectivity index (χ4n) is 2.04. The normalized spacial score (nSPS) is 16.8. The Labute approximate surface area is 133 Å². The number of methoxy groups -OCH3 is 1. The van der Waals surface area contributed by atoms with Crippen LogP contribution < -0.4 is 4.72 Å². The summed E-state index contributed by atoms with van der Waals surface area (Å²) in [5.41, 5.74) is -0.463. The third kappa shape index (κ3) is 6.04. The molecular weight excluding hydrogens is 324 g/mol. The van der Waals surface area contributed by atoms with Crippen LogP contribution in [0.2, 0.25) is 0 Å². The Morgan fingerprint density at radius 2 is 1.77 bits per heavy atom. The number of hydrogen-bond donors (Lipinski definition) is 1. The highest BCUT2D eigenvalue weighted by atomic mass is 32.3. The molecule has 0 amide bonds. The standard InChI is InChI=1S/C14H24N2O4S2/c1-12(11-14(2,3)20-4)15-22(18,19)16-21(5,17)13-9-7-6-8-10-13/h6-10,12,15H,11H2,1-5H3. The Balaban J connectivity index is 2.96. The van der Waals surface area contributed by atoms with Crippen LogP contribution in [0, 0.1) is 0 Å². The highest BCUT2D eigenvalue weighted by Crippen LogP contribution is 2.17. The molecule has 0 fully saturated rings. The predicted molar refractivity (Wildman–Crippen MR) is 88.4 cm³/mol. The Kier molecular flexibility index (Phi) is 6.14. The van der Waals surface area contributed by atoms with Crippen LogP contribution in [0.3, 0.4) is 0 Å². The molecule has 0 heterocycles. The van der Waals surface area contributed by atoms with Crippen molar-refractivity contribution in [2.45, 2.75) is 43.7 Å². The van der Waals surface area contributed by atoms with Crippen LogP contribution in [-0.2, 0) is 24.7 Å². The Morgan fingerprint density at radius 1 is 1.23 bits per heavy atom. The first-order valence-corrected chi connectivity index (χ1v) is 10.2. The Hall–Kier alpha value is -0.960. The summed E-state index contributed by atoms with van der Waals surface area (Å²) in [6, 6.07) is 7.95. The third-order valence-electron chi connectivity index (χ3n) is 3.12. The van der Waals surface area contributed by atoms with Crippen molar-refractivity contribution < 1.29 is 17.4 Å². The van der Waals surface area contributed by atoms with Crippen LogP contribution in [-0.4, -0.2) is 37.6 Å². The van der Waals surface area contributed by atoms with Gasteiger partial charge in [0.1, 0.15) is 0 Å². The van der Waals surface area contributed by atoms with Crippen LogP contribution in [0.15, 0.2) is 39.0 Å². The van der Waals surface area contributed by atoms with Crippen molar-refractivity contribution in [3.63, 3.8) is 0 Å². The lowest BCUT2D eigenvalue weighted by atomic mass is 10.0. The van der Waals surface area contributed by atoms with Crippen LogP contribution in [0.25, 0.3) is 0 Å². The van der Waals surface area contributed by atoms with Crippen molar-refractivity contribution >= 4 is 19.9 Å². The zero-order chi connectivity index (χ0) is 17.0. The number of nitrogens with one attached hydrogen (secondary N) is 1. The molecule has 0 radical (unpaired) electrons. The van der Waals surface area contributed by atoms with Crippen LogP contribution in [0.1, 0.15) is 27.2 Å². The molecule has 1 rings (SSSR count). The Morgan fingerprint density at radius 3 is 2.27 bits per heavy atom. The summed E-state index contributed by atoms with van der Waals surface area (Å²) >= 11 is 0. The minimum absolute atomic E-state index is 0.380. The van der Waals surface area contributed by atoms with E-state index in [0.717, 1.165) is 0 Å². The van der Waals surface area contributed by atoms with Gasteiger partial charge in [0, 0.05) is 24.3 Å². The monoisotopic (exact) mass is 348 g/mol. The molecule has 0 aliphatic rings. The number of nitrogens with zero attached hydrogens (tertiary/aromatic N) is 1. The van der Waals surface area contributed by atoms with Crippen molar-refractivity contribution in [3.8, 4) is 0 Å². The predicted octanol–water partition coefficient (Wildman–Crippen LogP) is 2.18. The molecule has 0 bridgehead atoms. The first kappa shape index (κ1) is 19.1. The van der Waals surface area contributed by atoms with Gasteiger partial charge in [-0.2, -0.15) is 13.1 Å². The second-order valence-electron chi connectivity index (χ2n) is 5.85. The third-order valence-corrected chi connectivity index (χ3v) is 6.89. The van der Waals surface area contributed by atoms with E-state index in [9.17, 15) is 12.6 Å². The van der Waals surface area contributed by atoms with E-state index >= 15 is 0 Å². The minimum atomic E-state index is -4.02. The maximum absolute atomic E-state index is 12.5. The molecule has 2 atom stereocenters. The van der Waals surface area contributed by atoms with Gasteiger partial charge in [-0.1, -0.05) is 22.0 Å². The van der Waals surface area contributed by atoms with Crippen molar-refractivity contribution in [1.82, 2.24) is 4.72 Å². The maximum Gasteiger partial charge on any atom is 0.328 e. The van der Waals surface area contributed by atoms with Gasteiger partial charge in [-0.3, -0.25) is 0 Å². The summed E-state index contributed by atoms with van der Waals surface area (Å²) < 4.78 is 48.0. The summed E-state index contributed by atoms with van der Waals surface area (Å²) in [5, 5.41) is 0. The van der Waals surface area contributed by atoms with E-state index in [0.29, 0.717) is 11.3 Å². The molecule has 0 saturated heterocycles. The average Bonchev–Trinajstić information content (AvgIpc) is 2.37. The van der Waals surface area contributed by atoms with Crippen molar-refractivity contribution in [3.05, 3.63) is 30.3 Å². The zero-order valence-electron chi connectivity index (χ0n) is 13.6. The zero-order valence-corrected chi connectivity index (χ0v) is 15.2. The quantitative estimate of drug-likeness (QED) is 0.818. The van der Waals surface area contributed by atoms with E-state index in [1.165, 1.54) is 6.26 Å². The van der Waals surface area contributed by atoms with E-state index < -0.39 is 31.6 Å². The highest BCUT2D eigenvalue weighted by Gasteiger charge is 2.24. The van der Waals surface area contributed by atoms with E-state index in [1.807, 2.05) is 13.8 Å². The summed E-state index contributed by atoms with van der Waals surface area (Å²) in [7, 11) is -5.47. The largest absolute Gasteiger partial charge is 0.379 e. The van der Waals surface area contributed by atoms with Gasteiger partial charge in [0.05, 0.1) is 15.3 Å². The molecule has 0 spiro atoms. The summed E-state index contributed by atoms with van der Waals surface area (Å²) in [4.78, 5) is 0.380. The topological polar surface area (TPSA) is 84.8 Å². The second-order valence-corrected chi connectivity index (χ2v) is 9.71. The molecule has 126 valence electrons.